The molecule has 4 aliphatic rings. The summed E-state index contributed by atoms with van der Waals surface area (Å²) in [4.78, 5) is 2.87. The Bertz CT molecular complexity index is 1550. The van der Waals surface area contributed by atoms with Crippen molar-refractivity contribution in [3.8, 4) is 11.5 Å². The number of anilines is 2. The third-order valence-corrected chi connectivity index (χ3v) is 10.9. The zero-order chi connectivity index (χ0) is 24.9. The minimum absolute atomic E-state index is 0.123. The van der Waals surface area contributed by atoms with Gasteiger partial charge in [-0.3, -0.25) is 0 Å². The van der Waals surface area contributed by atoms with E-state index < -0.39 is 0 Å². The predicted molar refractivity (Wildman–Crippen MR) is 159 cm³/mol. The van der Waals surface area contributed by atoms with Crippen LogP contribution in [-0.4, -0.2) is 12.3 Å². The van der Waals surface area contributed by atoms with Crippen LogP contribution in [-0.2, 0) is 5.41 Å². The van der Waals surface area contributed by atoms with Crippen LogP contribution in [0.25, 0.3) is 10.1 Å². The molecule has 0 unspecified atom stereocenters. The molecule has 2 fully saturated rings. The maximum atomic E-state index is 6.59. The van der Waals surface area contributed by atoms with Gasteiger partial charge in [-0.25, -0.2) is 0 Å². The quantitative estimate of drug-likeness (QED) is 0.221. The molecular formula is C33H34BNOS. The van der Waals surface area contributed by atoms with Gasteiger partial charge in [-0.2, -0.15) is 0 Å². The summed E-state index contributed by atoms with van der Waals surface area (Å²) in [5, 5.41) is 1.45. The number of para-hydroxylation sites is 1. The van der Waals surface area contributed by atoms with Gasteiger partial charge in [-0.15, -0.1) is 11.3 Å². The van der Waals surface area contributed by atoms with E-state index in [0.717, 1.165) is 17.4 Å². The number of hydrogen-bond acceptors (Lipinski definition) is 3. The van der Waals surface area contributed by atoms with Gasteiger partial charge in [0.2, 0.25) is 0 Å². The summed E-state index contributed by atoms with van der Waals surface area (Å²) >= 11 is 2.02. The Kier molecular flexibility index (Phi) is 4.62. The standard InChI is InChI=1S/C33H34BNOS/c1-32(2,3)22-15-16-28-23(19-22)30-31(37-28)34-24-11-4-5-13-26(24)36-27-14-6-12-25(29(27)34)35(30)33-17-7-9-21(20-33)10-8-18-33/h4-6,11-16,19,21H,7-10,17-18,20H2,1-3H3. The van der Waals surface area contributed by atoms with Crippen LogP contribution < -0.4 is 25.3 Å². The van der Waals surface area contributed by atoms with Crippen molar-refractivity contribution in [3.63, 3.8) is 0 Å². The minimum atomic E-state index is 0.123. The Labute approximate surface area is 224 Å². The zero-order valence-corrected chi connectivity index (χ0v) is 23.0. The topological polar surface area (TPSA) is 12.5 Å². The normalized spacial score (nSPS) is 23.8. The van der Waals surface area contributed by atoms with Crippen LogP contribution in [0, 0.1) is 5.92 Å². The van der Waals surface area contributed by atoms with Crippen molar-refractivity contribution in [1.82, 2.24) is 0 Å². The second-order valence-electron chi connectivity index (χ2n) is 13.0. The number of benzene rings is 3. The molecule has 37 heavy (non-hydrogen) atoms. The molecule has 0 amide bonds. The first kappa shape index (κ1) is 22.3. The summed E-state index contributed by atoms with van der Waals surface area (Å²) in [6, 6.07) is 22.8. The van der Waals surface area contributed by atoms with Crippen LogP contribution in [0.5, 0.6) is 11.5 Å². The average molecular weight is 504 g/mol. The molecule has 2 bridgehead atoms. The molecule has 2 saturated carbocycles. The summed E-state index contributed by atoms with van der Waals surface area (Å²) < 4.78 is 9.52. The summed E-state index contributed by atoms with van der Waals surface area (Å²) in [5.41, 5.74) is 7.35. The first-order valence-corrected chi connectivity index (χ1v) is 15.0. The number of thiophene rings is 1. The van der Waals surface area contributed by atoms with E-state index in [9.17, 15) is 0 Å². The summed E-state index contributed by atoms with van der Waals surface area (Å²) in [5.74, 6) is 2.93. The van der Waals surface area contributed by atoms with E-state index in [1.165, 1.54) is 87.7 Å². The van der Waals surface area contributed by atoms with Gasteiger partial charge in [0.25, 0.3) is 6.71 Å². The van der Waals surface area contributed by atoms with Crippen LogP contribution in [0.1, 0.15) is 71.3 Å². The highest BCUT2D eigenvalue weighted by Crippen LogP contribution is 2.54. The number of rotatable bonds is 1. The molecule has 3 heterocycles. The van der Waals surface area contributed by atoms with E-state index in [1.54, 1.807) is 0 Å². The van der Waals surface area contributed by atoms with Crippen LogP contribution >= 0.6 is 11.3 Å². The molecule has 186 valence electrons. The van der Waals surface area contributed by atoms with Crippen molar-refractivity contribution in [2.45, 2.75) is 76.7 Å². The summed E-state index contributed by atoms with van der Waals surface area (Å²) in [6.45, 7) is 7.25. The lowest BCUT2D eigenvalue weighted by molar-refractivity contribution is 0.154. The van der Waals surface area contributed by atoms with E-state index in [1.807, 2.05) is 11.3 Å². The first-order valence-electron chi connectivity index (χ1n) is 14.2. The van der Waals surface area contributed by atoms with Gasteiger partial charge >= 0.3 is 0 Å². The Morgan fingerprint density at radius 1 is 0.946 bits per heavy atom. The number of nitrogens with zero attached hydrogens (tertiary/aromatic N) is 1. The third-order valence-electron chi connectivity index (χ3n) is 9.71. The van der Waals surface area contributed by atoms with Gasteiger partial charge in [0.05, 0.1) is 5.69 Å². The molecule has 2 aliphatic heterocycles. The van der Waals surface area contributed by atoms with E-state index in [-0.39, 0.29) is 17.7 Å². The fourth-order valence-corrected chi connectivity index (χ4v) is 9.34. The van der Waals surface area contributed by atoms with Crippen LogP contribution in [0.3, 0.4) is 0 Å². The van der Waals surface area contributed by atoms with Gasteiger partial charge in [-0.05, 0) is 77.4 Å². The Morgan fingerprint density at radius 3 is 2.54 bits per heavy atom. The lowest BCUT2D eigenvalue weighted by Crippen LogP contribution is -2.63. The van der Waals surface area contributed by atoms with Crippen molar-refractivity contribution >= 4 is 55.2 Å². The van der Waals surface area contributed by atoms with Gasteiger partial charge < -0.3 is 9.64 Å². The maximum absolute atomic E-state index is 6.59. The average Bonchev–Trinajstić information content (AvgIpc) is 3.26. The van der Waals surface area contributed by atoms with Gasteiger partial charge in [-0.1, -0.05) is 76.8 Å². The van der Waals surface area contributed by atoms with Crippen LogP contribution in [0.15, 0.2) is 60.7 Å². The predicted octanol–water partition coefficient (Wildman–Crippen LogP) is 7.39. The molecule has 2 aliphatic carbocycles. The number of ether oxygens (including phenoxy) is 1. The summed E-state index contributed by atoms with van der Waals surface area (Å²) in [6.07, 6.45) is 9.44. The van der Waals surface area contributed by atoms with Crippen molar-refractivity contribution in [2.75, 3.05) is 4.90 Å². The largest absolute Gasteiger partial charge is 0.458 e. The third kappa shape index (κ3) is 3.11. The van der Waals surface area contributed by atoms with Crippen molar-refractivity contribution < 1.29 is 4.74 Å². The van der Waals surface area contributed by atoms with E-state index in [2.05, 4.69) is 86.3 Å². The molecule has 0 spiro atoms. The van der Waals surface area contributed by atoms with E-state index in [4.69, 9.17) is 4.74 Å². The van der Waals surface area contributed by atoms with Gasteiger partial charge in [0, 0.05) is 26.1 Å². The molecule has 3 aromatic carbocycles. The van der Waals surface area contributed by atoms with E-state index >= 15 is 0 Å². The van der Waals surface area contributed by atoms with Crippen molar-refractivity contribution in [3.05, 3.63) is 66.2 Å². The lowest BCUT2D eigenvalue weighted by Gasteiger charge is -2.55. The Morgan fingerprint density at radius 2 is 1.73 bits per heavy atom. The van der Waals surface area contributed by atoms with Crippen molar-refractivity contribution in [2.24, 2.45) is 5.92 Å². The second kappa shape index (κ2) is 7.66. The minimum Gasteiger partial charge on any atom is -0.458 e. The second-order valence-corrected chi connectivity index (χ2v) is 14.0. The molecule has 0 N–H and O–H groups in total. The highest BCUT2D eigenvalue weighted by atomic mass is 32.1. The van der Waals surface area contributed by atoms with Gasteiger partial charge in [0.1, 0.15) is 11.5 Å². The zero-order valence-electron chi connectivity index (χ0n) is 22.1. The van der Waals surface area contributed by atoms with Crippen molar-refractivity contribution in [1.29, 1.82) is 0 Å². The molecule has 2 nitrogen and oxygen atoms in total. The lowest BCUT2D eigenvalue weighted by atomic mass is 9.36. The molecule has 0 atom stereocenters. The molecule has 4 aromatic rings. The Hall–Kier alpha value is -2.72. The highest BCUT2D eigenvalue weighted by molar-refractivity contribution is 7.33. The van der Waals surface area contributed by atoms with E-state index in [0.29, 0.717) is 0 Å². The highest BCUT2D eigenvalue weighted by Gasteiger charge is 2.51. The molecule has 0 saturated heterocycles. The number of hydrogen-bond donors (Lipinski definition) is 0. The van der Waals surface area contributed by atoms with Crippen LogP contribution in [0.4, 0.5) is 11.4 Å². The fraction of sp³-hybridized carbons (Fsp3) is 0.394. The molecule has 8 rings (SSSR count). The SMILES string of the molecule is CC(C)(C)c1ccc2sc3c(c2c1)N(C12CCCC(CCC1)C2)c1cccc2c1B3c1ccccc1O2. The fourth-order valence-electron chi connectivity index (χ4n) is 8.04. The monoisotopic (exact) mass is 503 g/mol. The molecular weight excluding hydrogens is 469 g/mol. The maximum Gasteiger partial charge on any atom is 0.268 e. The molecule has 4 heteroatoms. The first-order chi connectivity index (χ1) is 17.9. The smallest absolute Gasteiger partial charge is 0.268 e. The Balaban J connectivity index is 1.46. The van der Waals surface area contributed by atoms with Crippen LogP contribution in [0.2, 0.25) is 0 Å². The molecule has 0 radical (unpaired) electrons. The molecule has 1 aromatic heterocycles. The summed E-state index contributed by atoms with van der Waals surface area (Å²) in [7, 11) is 0. The van der Waals surface area contributed by atoms with Gasteiger partial charge in [0.15, 0.2) is 0 Å². The number of fused-ring (bicyclic) bond motifs is 8.